The van der Waals surface area contributed by atoms with E-state index in [1.807, 2.05) is 4.90 Å². The number of nitrogens with two attached hydrogens (primary N) is 1. The number of guanidine groups is 1. The molecule has 2 aliphatic carbocycles. The van der Waals surface area contributed by atoms with Crippen LogP contribution in [0, 0.1) is 23.7 Å². The Morgan fingerprint density at radius 3 is 2.14 bits per heavy atom. The van der Waals surface area contributed by atoms with Gasteiger partial charge in [0.25, 0.3) is 5.91 Å². The Balaban J connectivity index is 1.22. The number of amides is 3. The number of aliphatic imine (C=N–C) groups is 1. The summed E-state index contributed by atoms with van der Waals surface area (Å²) in [5.74, 6) is 2.82. The first-order valence-corrected chi connectivity index (χ1v) is 17.1. The van der Waals surface area contributed by atoms with Crippen molar-refractivity contribution in [3.63, 3.8) is 0 Å². The fourth-order valence-electron chi connectivity index (χ4n) is 7.99. The minimum atomic E-state index is -0.685. The number of carbonyl (C=O) groups is 2. The van der Waals surface area contributed by atoms with E-state index in [0.29, 0.717) is 36.8 Å². The molecule has 42 heavy (non-hydrogen) atoms. The number of nitrogens with one attached hydrogen (secondary N) is 1. The number of benzene rings is 1. The molecule has 3 amide bonds. The maximum atomic E-state index is 14.2. The highest BCUT2D eigenvalue weighted by Gasteiger charge is 2.48. The van der Waals surface area contributed by atoms with E-state index in [9.17, 15) is 9.59 Å². The maximum Gasteiger partial charge on any atom is 0.318 e. The lowest BCUT2D eigenvalue weighted by Gasteiger charge is -2.33. The SMILES string of the molecule is CCC(C)C(C)[C@H]1CN(Cc2ccc(CN3C(=O)[C@@](CCC4CCCCC4)(CC4CCCCC4)N=C3N)cc2)C(=O)N1. The Bertz CT molecular complexity index is 1090. The van der Waals surface area contributed by atoms with Gasteiger partial charge >= 0.3 is 6.03 Å². The van der Waals surface area contributed by atoms with Gasteiger partial charge in [0.15, 0.2) is 5.96 Å². The predicted molar refractivity (Wildman–Crippen MR) is 170 cm³/mol. The number of hydrogen-bond acceptors (Lipinski definition) is 4. The average molecular weight is 578 g/mol. The smallest absolute Gasteiger partial charge is 0.318 e. The minimum absolute atomic E-state index is 0.0217. The fourth-order valence-corrected chi connectivity index (χ4v) is 7.99. The van der Waals surface area contributed by atoms with Crippen LogP contribution >= 0.6 is 0 Å². The second-order valence-corrected chi connectivity index (χ2v) is 14.1. The van der Waals surface area contributed by atoms with Gasteiger partial charge in [0.05, 0.1) is 12.6 Å². The van der Waals surface area contributed by atoms with Crippen LogP contribution in [-0.4, -0.2) is 45.8 Å². The molecule has 3 fully saturated rings. The summed E-state index contributed by atoms with van der Waals surface area (Å²) in [6.07, 6.45) is 16.7. The highest BCUT2D eigenvalue weighted by Crippen LogP contribution is 2.41. The van der Waals surface area contributed by atoms with Gasteiger partial charge in [-0.25, -0.2) is 9.79 Å². The minimum Gasteiger partial charge on any atom is -0.369 e. The quantitative estimate of drug-likeness (QED) is 0.281. The van der Waals surface area contributed by atoms with Crippen molar-refractivity contribution in [2.45, 2.75) is 135 Å². The molecule has 3 N–H and O–H groups in total. The van der Waals surface area contributed by atoms with Gasteiger partial charge in [0.2, 0.25) is 0 Å². The van der Waals surface area contributed by atoms with Gasteiger partial charge in [0, 0.05) is 13.1 Å². The van der Waals surface area contributed by atoms with Gasteiger partial charge < -0.3 is 16.0 Å². The molecule has 1 aromatic carbocycles. The molecule has 2 unspecified atom stereocenters. The highest BCUT2D eigenvalue weighted by molar-refractivity contribution is 6.06. The van der Waals surface area contributed by atoms with Crippen LogP contribution in [0.2, 0.25) is 0 Å². The number of rotatable bonds is 12. The largest absolute Gasteiger partial charge is 0.369 e. The molecule has 5 rings (SSSR count). The first kappa shape index (κ1) is 30.9. The zero-order chi connectivity index (χ0) is 29.7. The third-order valence-corrected chi connectivity index (χ3v) is 11.2. The molecular formula is C35H55N5O2. The Morgan fingerprint density at radius 2 is 1.52 bits per heavy atom. The highest BCUT2D eigenvalue weighted by atomic mass is 16.2. The van der Waals surface area contributed by atoms with E-state index in [2.05, 4.69) is 50.4 Å². The van der Waals surface area contributed by atoms with Crippen molar-refractivity contribution < 1.29 is 9.59 Å². The molecule has 232 valence electrons. The van der Waals surface area contributed by atoms with Crippen molar-refractivity contribution in [3.8, 4) is 0 Å². The summed E-state index contributed by atoms with van der Waals surface area (Å²) in [5, 5.41) is 3.19. The number of urea groups is 1. The summed E-state index contributed by atoms with van der Waals surface area (Å²) in [6.45, 7) is 8.49. The van der Waals surface area contributed by atoms with Crippen molar-refractivity contribution >= 4 is 17.9 Å². The Morgan fingerprint density at radius 1 is 0.929 bits per heavy atom. The fraction of sp³-hybridized carbons (Fsp3) is 0.743. The molecule has 2 aliphatic heterocycles. The molecule has 2 saturated carbocycles. The molecule has 0 spiro atoms. The third-order valence-electron chi connectivity index (χ3n) is 11.2. The van der Waals surface area contributed by atoms with Crippen molar-refractivity contribution in [1.82, 2.24) is 15.1 Å². The molecule has 4 aliphatic rings. The van der Waals surface area contributed by atoms with Gasteiger partial charge in [-0.2, -0.15) is 0 Å². The molecule has 0 bridgehead atoms. The molecular weight excluding hydrogens is 522 g/mol. The molecule has 0 aromatic heterocycles. The Hall–Kier alpha value is -2.57. The number of hydrogen-bond donors (Lipinski definition) is 2. The molecule has 7 nitrogen and oxygen atoms in total. The summed E-state index contributed by atoms with van der Waals surface area (Å²) in [5.41, 5.74) is 7.99. The van der Waals surface area contributed by atoms with E-state index < -0.39 is 5.54 Å². The Labute approximate surface area is 254 Å². The van der Waals surface area contributed by atoms with Gasteiger partial charge in [-0.1, -0.05) is 116 Å². The summed E-state index contributed by atoms with van der Waals surface area (Å²) in [6, 6.07) is 8.54. The summed E-state index contributed by atoms with van der Waals surface area (Å²) in [7, 11) is 0. The summed E-state index contributed by atoms with van der Waals surface area (Å²) in [4.78, 5) is 35.5. The summed E-state index contributed by atoms with van der Waals surface area (Å²) >= 11 is 0. The van der Waals surface area contributed by atoms with Gasteiger partial charge in [0.1, 0.15) is 5.54 Å². The van der Waals surface area contributed by atoms with Crippen LogP contribution in [0.1, 0.15) is 122 Å². The van der Waals surface area contributed by atoms with Crippen molar-refractivity contribution in [2.75, 3.05) is 6.54 Å². The standard InChI is InChI=1S/C35H55N5O2/c1-4-25(2)26(3)31-24-39(34(42)37-31)22-29-15-17-30(18-16-29)23-40-32(41)35(38-33(40)36,21-28-13-9-6-10-14-28)20-19-27-11-7-5-8-12-27/h15-18,25-28,31H,4-14,19-24H2,1-3H3,(H2,36,38)(H,37,42)/t25?,26?,31-,35-/m1/s1. The van der Waals surface area contributed by atoms with Crippen LogP contribution < -0.4 is 11.1 Å². The molecule has 7 heteroatoms. The molecule has 2 heterocycles. The lowest BCUT2D eigenvalue weighted by molar-refractivity contribution is -0.132. The predicted octanol–water partition coefficient (Wildman–Crippen LogP) is 6.99. The second kappa shape index (κ2) is 13.8. The molecule has 0 radical (unpaired) electrons. The number of nitrogens with zero attached hydrogens (tertiary/aromatic N) is 3. The molecule has 1 aromatic rings. The van der Waals surface area contributed by atoms with Crippen LogP contribution in [0.4, 0.5) is 4.79 Å². The summed E-state index contributed by atoms with van der Waals surface area (Å²) < 4.78 is 0. The van der Waals surface area contributed by atoms with Gasteiger partial charge in [-0.3, -0.25) is 9.69 Å². The number of carbonyl (C=O) groups excluding carboxylic acids is 2. The molecule has 4 atom stereocenters. The lowest BCUT2D eigenvalue weighted by Crippen LogP contribution is -2.45. The first-order valence-electron chi connectivity index (χ1n) is 17.1. The van der Waals surface area contributed by atoms with E-state index >= 15 is 0 Å². The first-order chi connectivity index (χ1) is 20.3. The van der Waals surface area contributed by atoms with Crippen molar-refractivity contribution in [2.24, 2.45) is 34.4 Å². The van der Waals surface area contributed by atoms with E-state index in [-0.39, 0.29) is 18.0 Å². The van der Waals surface area contributed by atoms with E-state index in [1.54, 1.807) is 4.90 Å². The van der Waals surface area contributed by atoms with E-state index in [4.69, 9.17) is 10.7 Å². The topological polar surface area (TPSA) is 91.0 Å². The zero-order valence-electron chi connectivity index (χ0n) is 26.5. The lowest BCUT2D eigenvalue weighted by atomic mass is 9.75. The van der Waals surface area contributed by atoms with E-state index in [0.717, 1.165) is 49.3 Å². The van der Waals surface area contributed by atoms with Crippen LogP contribution in [-0.2, 0) is 17.9 Å². The normalized spacial score (nSPS) is 27.3. The van der Waals surface area contributed by atoms with E-state index in [1.165, 1.54) is 64.2 Å². The molecule has 1 saturated heterocycles. The zero-order valence-corrected chi connectivity index (χ0v) is 26.5. The monoisotopic (exact) mass is 577 g/mol. The van der Waals surface area contributed by atoms with Gasteiger partial charge in [-0.05, 0) is 54.1 Å². The van der Waals surface area contributed by atoms with Crippen LogP contribution in [0.15, 0.2) is 29.3 Å². The van der Waals surface area contributed by atoms with Crippen molar-refractivity contribution in [1.29, 1.82) is 0 Å². The second-order valence-electron chi connectivity index (χ2n) is 14.1. The average Bonchev–Trinajstić information content (AvgIpc) is 3.48. The maximum absolute atomic E-state index is 14.2. The Kier molecular flexibility index (Phi) is 10.2. The van der Waals surface area contributed by atoms with Crippen LogP contribution in [0.5, 0.6) is 0 Å². The van der Waals surface area contributed by atoms with Crippen LogP contribution in [0.3, 0.4) is 0 Å². The van der Waals surface area contributed by atoms with Crippen LogP contribution in [0.25, 0.3) is 0 Å². The van der Waals surface area contributed by atoms with Gasteiger partial charge in [-0.15, -0.1) is 0 Å². The third kappa shape index (κ3) is 7.14. The van der Waals surface area contributed by atoms with Crippen molar-refractivity contribution in [3.05, 3.63) is 35.4 Å².